The summed E-state index contributed by atoms with van der Waals surface area (Å²) >= 11 is 3.04. The summed E-state index contributed by atoms with van der Waals surface area (Å²) in [5.74, 6) is -3.00. The second-order valence-electron chi connectivity index (χ2n) is 3.88. The topological polar surface area (TPSA) is 85.1 Å². The lowest BCUT2D eigenvalue weighted by Gasteiger charge is -2.06. The maximum absolute atomic E-state index is 13.3. The lowest BCUT2D eigenvalue weighted by Crippen LogP contribution is -2.14. The van der Waals surface area contributed by atoms with Crippen molar-refractivity contribution in [2.45, 2.75) is 0 Å². The minimum Gasteiger partial charge on any atom is -0.318 e. The Morgan fingerprint density at radius 1 is 1.29 bits per heavy atom. The van der Waals surface area contributed by atoms with Gasteiger partial charge >= 0.3 is 0 Å². The number of aromatic nitrogens is 1. The first kappa shape index (κ1) is 15.0. The number of benzene rings is 1. The molecule has 1 aromatic carbocycles. The van der Waals surface area contributed by atoms with Gasteiger partial charge in [-0.3, -0.25) is 14.9 Å². The molecule has 0 atom stereocenters. The third kappa shape index (κ3) is 3.57. The van der Waals surface area contributed by atoms with Crippen LogP contribution in [0.1, 0.15) is 10.4 Å². The van der Waals surface area contributed by atoms with Crippen molar-refractivity contribution >= 4 is 33.2 Å². The normalized spacial score (nSPS) is 10.2. The maximum Gasteiger partial charge on any atom is 0.271 e. The van der Waals surface area contributed by atoms with Gasteiger partial charge in [0.25, 0.3) is 11.6 Å². The Morgan fingerprint density at radius 3 is 2.62 bits per heavy atom. The zero-order chi connectivity index (χ0) is 15.6. The molecule has 9 heteroatoms. The number of carbonyl (C=O) groups is 1. The van der Waals surface area contributed by atoms with Crippen LogP contribution in [0.5, 0.6) is 0 Å². The van der Waals surface area contributed by atoms with E-state index < -0.39 is 22.7 Å². The zero-order valence-electron chi connectivity index (χ0n) is 10.1. The van der Waals surface area contributed by atoms with E-state index in [1.54, 1.807) is 0 Å². The molecule has 0 aliphatic rings. The molecule has 1 aromatic heterocycles. The Labute approximate surface area is 125 Å². The first-order valence-corrected chi connectivity index (χ1v) is 6.24. The number of non-ortho nitro benzene ring substituents is 1. The summed E-state index contributed by atoms with van der Waals surface area (Å²) in [6.07, 6.45) is 0. The van der Waals surface area contributed by atoms with E-state index in [0.717, 1.165) is 18.2 Å². The fraction of sp³-hybridized carbons (Fsp3) is 0. The fourth-order valence-electron chi connectivity index (χ4n) is 1.51. The number of rotatable bonds is 3. The van der Waals surface area contributed by atoms with E-state index in [-0.39, 0.29) is 16.9 Å². The number of nitrogens with zero attached hydrogens (tertiary/aromatic N) is 2. The van der Waals surface area contributed by atoms with E-state index in [0.29, 0.717) is 4.47 Å². The summed E-state index contributed by atoms with van der Waals surface area (Å²) in [5, 5.41) is 12.9. The average molecular weight is 358 g/mol. The first-order chi connectivity index (χ1) is 9.86. The summed E-state index contributed by atoms with van der Waals surface area (Å²) in [4.78, 5) is 24.9. The molecule has 1 heterocycles. The summed E-state index contributed by atoms with van der Waals surface area (Å²) in [5.41, 5.74) is -0.684. The standard InChI is InChI=1S/C12H6BrF2N3O3/c13-7-3-6(4-8(5-7)18(20)21)12(19)16-9-1-2-10(14)17-11(9)15/h1-5H,(H,16,19). The van der Waals surface area contributed by atoms with Crippen LogP contribution in [-0.2, 0) is 0 Å². The molecule has 0 radical (unpaired) electrons. The van der Waals surface area contributed by atoms with Crippen LogP contribution in [0.2, 0.25) is 0 Å². The Kier molecular flexibility index (Phi) is 4.22. The third-order valence-electron chi connectivity index (χ3n) is 2.42. The van der Waals surface area contributed by atoms with Crippen molar-refractivity contribution in [3.05, 3.63) is 62.4 Å². The van der Waals surface area contributed by atoms with Crippen molar-refractivity contribution in [1.82, 2.24) is 4.98 Å². The Balaban J connectivity index is 2.30. The van der Waals surface area contributed by atoms with Gasteiger partial charge in [0.15, 0.2) is 0 Å². The molecule has 0 aliphatic carbocycles. The van der Waals surface area contributed by atoms with E-state index in [1.807, 2.05) is 0 Å². The van der Waals surface area contributed by atoms with Crippen LogP contribution in [0.3, 0.4) is 0 Å². The van der Waals surface area contributed by atoms with Crippen molar-refractivity contribution in [3.8, 4) is 0 Å². The van der Waals surface area contributed by atoms with Gasteiger partial charge in [0.1, 0.15) is 0 Å². The number of carbonyl (C=O) groups excluding carboxylic acids is 1. The lowest BCUT2D eigenvalue weighted by atomic mass is 10.2. The molecule has 0 bridgehead atoms. The highest BCUT2D eigenvalue weighted by molar-refractivity contribution is 9.10. The highest BCUT2D eigenvalue weighted by Gasteiger charge is 2.15. The van der Waals surface area contributed by atoms with Gasteiger partial charge in [0.05, 0.1) is 10.6 Å². The molecule has 21 heavy (non-hydrogen) atoms. The van der Waals surface area contributed by atoms with Crippen molar-refractivity contribution < 1.29 is 18.5 Å². The third-order valence-corrected chi connectivity index (χ3v) is 2.88. The molecule has 108 valence electrons. The van der Waals surface area contributed by atoms with Gasteiger partial charge in [-0.05, 0) is 18.2 Å². The smallest absolute Gasteiger partial charge is 0.271 e. The second-order valence-corrected chi connectivity index (χ2v) is 4.80. The van der Waals surface area contributed by atoms with Crippen molar-refractivity contribution in [2.75, 3.05) is 5.32 Å². The molecule has 2 rings (SSSR count). The lowest BCUT2D eigenvalue weighted by molar-refractivity contribution is -0.384. The van der Waals surface area contributed by atoms with Crippen molar-refractivity contribution in [3.63, 3.8) is 0 Å². The van der Waals surface area contributed by atoms with Crippen LogP contribution >= 0.6 is 15.9 Å². The van der Waals surface area contributed by atoms with Gasteiger partial charge in [-0.25, -0.2) is 0 Å². The van der Waals surface area contributed by atoms with Crippen LogP contribution in [0.4, 0.5) is 20.2 Å². The van der Waals surface area contributed by atoms with E-state index in [4.69, 9.17) is 0 Å². The number of amides is 1. The number of nitrogens with one attached hydrogen (secondary N) is 1. The number of hydrogen-bond donors (Lipinski definition) is 1. The first-order valence-electron chi connectivity index (χ1n) is 5.45. The number of nitro groups is 1. The Morgan fingerprint density at radius 2 is 2.00 bits per heavy atom. The number of pyridine rings is 1. The molecule has 0 unspecified atom stereocenters. The predicted molar refractivity (Wildman–Crippen MR) is 72.9 cm³/mol. The summed E-state index contributed by atoms with van der Waals surface area (Å²) in [6, 6.07) is 5.47. The van der Waals surface area contributed by atoms with Crippen LogP contribution in [0.15, 0.2) is 34.8 Å². The predicted octanol–water partition coefficient (Wildman–Crippen LogP) is 3.28. The van der Waals surface area contributed by atoms with Gasteiger partial charge in [-0.1, -0.05) is 15.9 Å². The van der Waals surface area contributed by atoms with Gasteiger partial charge in [0.2, 0.25) is 11.9 Å². The summed E-state index contributed by atoms with van der Waals surface area (Å²) in [7, 11) is 0. The Hall–Kier alpha value is -2.42. The number of halogens is 3. The minimum atomic E-state index is -1.19. The SMILES string of the molecule is O=C(Nc1ccc(F)nc1F)c1cc(Br)cc([N+](=O)[O-])c1. The van der Waals surface area contributed by atoms with Crippen LogP contribution in [0.25, 0.3) is 0 Å². The second kappa shape index (κ2) is 5.92. The van der Waals surface area contributed by atoms with Gasteiger partial charge in [-0.15, -0.1) is 0 Å². The Bertz CT molecular complexity index is 740. The van der Waals surface area contributed by atoms with Crippen LogP contribution < -0.4 is 5.32 Å². The molecule has 0 fully saturated rings. The van der Waals surface area contributed by atoms with Gasteiger partial charge in [-0.2, -0.15) is 13.8 Å². The van der Waals surface area contributed by atoms with Crippen molar-refractivity contribution in [1.29, 1.82) is 0 Å². The number of hydrogen-bond acceptors (Lipinski definition) is 4. The molecular weight excluding hydrogens is 352 g/mol. The number of anilines is 1. The summed E-state index contributed by atoms with van der Waals surface area (Å²) < 4.78 is 26.3. The maximum atomic E-state index is 13.3. The minimum absolute atomic E-state index is 0.0557. The highest BCUT2D eigenvalue weighted by Crippen LogP contribution is 2.22. The van der Waals surface area contributed by atoms with E-state index in [1.165, 1.54) is 12.1 Å². The summed E-state index contributed by atoms with van der Waals surface area (Å²) in [6.45, 7) is 0. The molecule has 0 spiro atoms. The molecule has 1 amide bonds. The molecular formula is C12H6BrF2N3O3. The van der Waals surface area contributed by atoms with Crippen molar-refractivity contribution in [2.24, 2.45) is 0 Å². The average Bonchev–Trinajstić information content (AvgIpc) is 2.41. The molecule has 0 saturated heterocycles. The van der Waals surface area contributed by atoms with E-state index in [9.17, 15) is 23.7 Å². The van der Waals surface area contributed by atoms with Crippen LogP contribution in [-0.4, -0.2) is 15.8 Å². The quantitative estimate of drug-likeness (QED) is 0.518. The zero-order valence-corrected chi connectivity index (χ0v) is 11.7. The van der Waals surface area contributed by atoms with Crippen LogP contribution in [0, 0.1) is 22.0 Å². The van der Waals surface area contributed by atoms with E-state index in [2.05, 4.69) is 26.2 Å². The van der Waals surface area contributed by atoms with E-state index >= 15 is 0 Å². The molecule has 1 N–H and O–H groups in total. The fourth-order valence-corrected chi connectivity index (χ4v) is 1.99. The number of nitro benzene ring substituents is 1. The highest BCUT2D eigenvalue weighted by atomic mass is 79.9. The molecule has 0 aliphatic heterocycles. The van der Waals surface area contributed by atoms with Gasteiger partial charge in [0, 0.05) is 22.2 Å². The monoisotopic (exact) mass is 357 g/mol. The molecule has 6 nitrogen and oxygen atoms in total. The van der Waals surface area contributed by atoms with Gasteiger partial charge < -0.3 is 5.32 Å². The molecule has 0 saturated carbocycles. The molecule has 2 aromatic rings. The largest absolute Gasteiger partial charge is 0.318 e.